The first kappa shape index (κ1) is 16.0. The van der Waals surface area contributed by atoms with Crippen molar-refractivity contribution in [3.05, 3.63) is 24.2 Å². The Balaban J connectivity index is 1.41. The number of ether oxygens (including phenoxy) is 1. The molecule has 0 radical (unpaired) electrons. The minimum Gasteiger partial charge on any atom is -0.459 e. The van der Waals surface area contributed by atoms with Crippen molar-refractivity contribution >= 4 is 11.8 Å². The highest BCUT2D eigenvalue weighted by Crippen LogP contribution is 2.22. The number of nitrogens with zero attached hydrogens (tertiary/aromatic N) is 1. The molecule has 0 aliphatic carbocycles. The van der Waals surface area contributed by atoms with Crippen LogP contribution < -0.4 is 10.6 Å². The fraction of sp³-hybridized carbons (Fsp3) is 0.625. The molecule has 0 bridgehead atoms. The lowest BCUT2D eigenvalue weighted by Crippen LogP contribution is -2.52. The van der Waals surface area contributed by atoms with Crippen molar-refractivity contribution < 1.29 is 18.7 Å². The molecular weight excluding hydrogens is 298 g/mol. The summed E-state index contributed by atoms with van der Waals surface area (Å²) in [6, 6.07) is 3.11. The molecule has 3 unspecified atom stereocenters. The summed E-state index contributed by atoms with van der Waals surface area (Å²) in [6.07, 6.45) is 3.87. The number of amides is 2. The van der Waals surface area contributed by atoms with E-state index in [1.54, 1.807) is 19.1 Å². The average Bonchev–Trinajstić information content (AvgIpc) is 3.22. The zero-order chi connectivity index (χ0) is 16.2. The minimum absolute atomic E-state index is 0.0151. The fourth-order valence-electron chi connectivity index (χ4n) is 3.12. The summed E-state index contributed by atoms with van der Waals surface area (Å²) in [4.78, 5) is 26.4. The quantitative estimate of drug-likeness (QED) is 0.819. The van der Waals surface area contributed by atoms with E-state index in [9.17, 15) is 9.59 Å². The normalized spacial score (nSPS) is 25.6. The van der Waals surface area contributed by atoms with Crippen molar-refractivity contribution in [2.75, 3.05) is 26.2 Å². The van der Waals surface area contributed by atoms with Gasteiger partial charge in [-0.05, 0) is 38.4 Å². The first-order valence-corrected chi connectivity index (χ1v) is 8.11. The molecule has 3 heterocycles. The molecule has 0 aromatic carbocycles. The Hall–Kier alpha value is -1.86. The predicted molar refractivity (Wildman–Crippen MR) is 83.0 cm³/mol. The summed E-state index contributed by atoms with van der Waals surface area (Å²) in [7, 11) is 0. The van der Waals surface area contributed by atoms with Gasteiger partial charge in [0, 0.05) is 19.1 Å². The maximum absolute atomic E-state index is 12.1. The molecule has 2 fully saturated rings. The number of carbonyl (C=O) groups excluding carboxylic acids is 2. The third kappa shape index (κ3) is 3.92. The molecule has 3 atom stereocenters. The van der Waals surface area contributed by atoms with Gasteiger partial charge in [0.05, 0.1) is 19.0 Å². The van der Waals surface area contributed by atoms with Gasteiger partial charge in [-0.1, -0.05) is 0 Å². The van der Waals surface area contributed by atoms with Crippen LogP contribution in [0.25, 0.3) is 0 Å². The molecule has 3 rings (SSSR count). The largest absolute Gasteiger partial charge is 0.459 e. The molecule has 7 nitrogen and oxygen atoms in total. The minimum atomic E-state index is -0.629. The Labute approximate surface area is 135 Å². The second-order valence-electron chi connectivity index (χ2n) is 6.16. The highest BCUT2D eigenvalue weighted by atomic mass is 16.5. The summed E-state index contributed by atoms with van der Waals surface area (Å²) in [5, 5.41) is 5.46. The molecule has 2 saturated heterocycles. The van der Waals surface area contributed by atoms with E-state index < -0.39 is 11.9 Å². The number of fused-ring (bicyclic) bond motifs is 1. The number of morpholine rings is 1. The maximum Gasteiger partial charge on any atom is 0.287 e. The first-order chi connectivity index (χ1) is 11.1. The van der Waals surface area contributed by atoms with Gasteiger partial charge in [0.1, 0.15) is 6.04 Å². The van der Waals surface area contributed by atoms with Crippen LogP contribution in [-0.2, 0) is 9.53 Å². The zero-order valence-electron chi connectivity index (χ0n) is 13.3. The lowest BCUT2D eigenvalue weighted by molar-refractivity contribution is -0.124. The molecule has 2 aliphatic rings. The number of carbonyl (C=O) groups is 2. The third-order valence-electron chi connectivity index (χ3n) is 4.45. The molecular formula is C16H23N3O4. The van der Waals surface area contributed by atoms with Crippen LogP contribution >= 0.6 is 0 Å². The van der Waals surface area contributed by atoms with Gasteiger partial charge in [-0.25, -0.2) is 0 Å². The van der Waals surface area contributed by atoms with E-state index >= 15 is 0 Å². The summed E-state index contributed by atoms with van der Waals surface area (Å²) in [5.74, 6) is -0.427. The molecule has 1 aromatic heterocycles. The Morgan fingerprint density at radius 1 is 1.48 bits per heavy atom. The molecule has 126 valence electrons. The Morgan fingerprint density at radius 2 is 2.35 bits per heavy atom. The summed E-state index contributed by atoms with van der Waals surface area (Å²) in [5.41, 5.74) is 0. The lowest BCUT2D eigenvalue weighted by atomic mass is 10.2. The van der Waals surface area contributed by atoms with Crippen molar-refractivity contribution in [1.29, 1.82) is 0 Å². The fourth-order valence-corrected chi connectivity index (χ4v) is 3.12. The highest BCUT2D eigenvalue weighted by molar-refractivity contribution is 5.95. The lowest BCUT2D eigenvalue weighted by Gasteiger charge is -2.35. The molecule has 7 heteroatoms. The van der Waals surface area contributed by atoms with Gasteiger partial charge >= 0.3 is 0 Å². The van der Waals surface area contributed by atoms with Crippen LogP contribution in [-0.4, -0.2) is 61.1 Å². The first-order valence-electron chi connectivity index (χ1n) is 8.11. The van der Waals surface area contributed by atoms with E-state index in [2.05, 4.69) is 15.5 Å². The molecule has 0 saturated carbocycles. The Morgan fingerprint density at radius 3 is 3.13 bits per heavy atom. The number of rotatable bonds is 5. The molecule has 2 amide bonds. The van der Waals surface area contributed by atoms with Crippen LogP contribution in [0.1, 0.15) is 30.3 Å². The molecule has 0 spiro atoms. The second-order valence-corrected chi connectivity index (χ2v) is 6.16. The molecule has 2 N–H and O–H groups in total. The molecule has 2 aliphatic heterocycles. The van der Waals surface area contributed by atoms with E-state index in [4.69, 9.17) is 9.15 Å². The standard InChI is InChI=1S/C16H23N3O4/c1-11(18-16(21)14-5-3-7-22-14)15(20)17-8-13-9-19-6-2-4-12(19)10-23-13/h3,5,7,11-13H,2,4,6,8-10H2,1H3,(H,17,20)(H,18,21). The van der Waals surface area contributed by atoms with E-state index in [1.165, 1.54) is 19.1 Å². The van der Waals surface area contributed by atoms with Crippen molar-refractivity contribution in [2.24, 2.45) is 0 Å². The van der Waals surface area contributed by atoms with E-state index in [1.807, 2.05) is 0 Å². The number of hydrogen-bond acceptors (Lipinski definition) is 5. The second kappa shape index (κ2) is 7.14. The van der Waals surface area contributed by atoms with Gasteiger partial charge in [-0.3, -0.25) is 14.5 Å². The predicted octanol–water partition coefficient (Wildman–Crippen LogP) is 0.377. The van der Waals surface area contributed by atoms with E-state index in [0.717, 1.165) is 19.7 Å². The molecule has 23 heavy (non-hydrogen) atoms. The van der Waals surface area contributed by atoms with Crippen molar-refractivity contribution in [3.8, 4) is 0 Å². The van der Waals surface area contributed by atoms with Crippen LogP contribution in [0, 0.1) is 0 Å². The van der Waals surface area contributed by atoms with E-state index in [-0.39, 0.29) is 17.8 Å². The monoisotopic (exact) mass is 321 g/mol. The summed E-state index contributed by atoms with van der Waals surface area (Å²) < 4.78 is 10.8. The van der Waals surface area contributed by atoms with Crippen LogP contribution in [0.5, 0.6) is 0 Å². The topological polar surface area (TPSA) is 83.8 Å². The molecule has 1 aromatic rings. The SMILES string of the molecule is CC(NC(=O)c1ccco1)C(=O)NCC1CN2CCCC2CO1. The van der Waals surface area contributed by atoms with Gasteiger partial charge in [0.2, 0.25) is 5.91 Å². The van der Waals surface area contributed by atoms with Crippen LogP contribution in [0.3, 0.4) is 0 Å². The van der Waals surface area contributed by atoms with Crippen molar-refractivity contribution in [1.82, 2.24) is 15.5 Å². The summed E-state index contributed by atoms with van der Waals surface area (Å²) in [6.45, 7) is 4.83. The van der Waals surface area contributed by atoms with Gasteiger partial charge in [-0.2, -0.15) is 0 Å². The third-order valence-corrected chi connectivity index (χ3v) is 4.45. The van der Waals surface area contributed by atoms with Gasteiger partial charge < -0.3 is 19.8 Å². The van der Waals surface area contributed by atoms with Crippen molar-refractivity contribution in [3.63, 3.8) is 0 Å². The van der Waals surface area contributed by atoms with Gasteiger partial charge in [-0.15, -0.1) is 0 Å². The zero-order valence-corrected chi connectivity index (χ0v) is 13.3. The summed E-state index contributed by atoms with van der Waals surface area (Å²) >= 11 is 0. The van der Waals surface area contributed by atoms with Crippen LogP contribution in [0.15, 0.2) is 22.8 Å². The van der Waals surface area contributed by atoms with Crippen LogP contribution in [0.2, 0.25) is 0 Å². The number of hydrogen-bond donors (Lipinski definition) is 2. The Kier molecular flexibility index (Phi) is 4.97. The number of furan rings is 1. The van der Waals surface area contributed by atoms with Gasteiger partial charge in [0.25, 0.3) is 5.91 Å². The number of nitrogens with one attached hydrogen (secondary N) is 2. The highest BCUT2D eigenvalue weighted by Gasteiger charge is 2.32. The smallest absolute Gasteiger partial charge is 0.287 e. The van der Waals surface area contributed by atoms with E-state index in [0.29, 0.717) is 12.6 Å². The maximum atomic E-state index is 12.1. The average molecular weight is 321 g/mol. The van der Waals surface area contributed by atoms with Crippen LogP contribution in [0.4, 0.5) is 0 Å². The Bertz CT molecular complexity index is 546. The van der Waals surface area contributed by atoms with Gasteiger partial charge in [0.15, 0.2) is 5.76 Å². The van der Waals surface area contributed by atoms with Crippen molar-refractivity contribution in [2.45, 2.75) is 38.0 Å².